The SMILES string of the molecule is Cc1ccc(N(CC(=O)N/N=C\c2ccc(OCC(=O)NC[C@@H]3CCCO3)cc2)S(=O)(=O)c2ccccc2)cc1. The Hall–Kier alpha value is -4.22. The quantitative estimate of drug-likeness (QED) is 0.257. The van der Waals surface area contributed by atoms with Gasteiger partial charge in [0, 0.05) is 13.2 Å². The number of hydrazone groups is 1. The van der Waals surface area contributed by atoms with Gasteiger partial charge in [-0.2, -0.15) is 5.10 Å². The van der Waals surface area contributed by atoms with E-state index in [1.807, 2.05) is 6.92 Å². The molecule has 40 heavy (non-hydrogen) atoms. The molecule has 1 aliphatic rings. The summed E-state index contributed by atoms with van der Waals surface area (Å²) >= 11 is 0. The molecule has 0 saturated carbocycles. The molecule has 0 bridgehead atoms. The monoisotopic (exact) mass is 564 g/mol. The van der Waals surface area contributed by atoms with Gasteiger partial charge in [0.1, 0.15) is 12.3 Å². The van der Waals surface area contributed by atoms with Crippen LogP contribution in [-0.4, -0.2) is 58.9 Å². The van der Waals surface area contributed by atoms with Gasteiger partial charge in [-0.15, -0.1) is 0 Å². The van der Waals surface area contributed by atoms with E-state index in [2.05, 4.69) is 15.8 Å². The smallest absolute Gasteiger partial charge is 0.264 e. The fraction of sp³-hybridized carbons (Fsp3) is 0.276. The van der Waals surface area contributed by atoms with E-state index in [0.717, 1.165) is 29.3 Å². The van der Waals surface area contributed by atoms with E-state index in [4.69, 9.17) is 9.47 Å². The molecule has 2 amide bonds. The molecule has 3 aromatic rings. The van der Waals surface area contributed by atoms with Crippen LogP contribution in [-0.2, 0) is 24.3 Å². The minimum Gasteiger partial charge on any atom is -0.484 e. The third-order valence-corrected chi connectivity index (χ3v) is 7.93. The Morgan fingerprint density at radius 1 is 1.02 bits per heavy atom. The van der Waals surface area contributed by atoms with E-state index < -0.39 is 22.5 Å². The number of carbonyl (C=O) groups is 2. The highest BCUT2D eigenvalue weighted by atomic mass is 32.2. The molecule has 1 saturated heterocycles. The van der Waals surface area contributed by atoms with Crippen LogP contribution in [0.4, 0.5) is 5.69 Å². The maximum atomic E-state index is 13.3. The standard InChI is InChI=1S/C29H32N4O6S/c1-22-9-13-24(14-10-22)33(40(36,37)27-7-3-2-4-8-27)20-28(34)32-31-18-23-11-15-25(16-12-23)39-21-29(35)30-19-26-6-5-17-38-26/h2-4,7-16,18,26H,5-6,17,19-21H2,1H3,(H,30,35)(H,32,34)/b31-18-/t26-/m0/s1. The fourth-order valence-electron chi connectivity index (χ4n) is 3.97. The Kier molecular flexibility index (Phi) is 9.87. The van der Waals surface area contributed by atoms with Gasteiger partial charge in [-0.3, -0.25) is 13.9 Å². The Labute approximate surface area is 234 Å². The van der Waals surface area contributed by atoms with Gasteiger partial charge >= 0.3 is 0 Å². The third-order valence-electron chi connectivity index (χ3n) is 6.14. The molecule has 4 rings (SSSR count). The van der Waals surface area contributed by atoms with Crippen molar-refractivity contribution in [1.82, 2.24) is 10.7 Å². The van der Waals surface area contributed by atoms with Crippen LogP contribution in [0.5, 0.6) is 5.75 Å². The molecule has 1 atom stereocenters. The van der Waals surface area contributed by atoms with Crippen molar-refractivity contribution < 1.29 is 27.5 Å². The lowest BCUT2D eigenvalue weighted by molar-refractivity contribution is -0.123. The second kappa shape index (κ2) is 13.7. The molecule has 0 unspecified atom stereocenters. The lowest BCUT2D eigenvalue weighted by Crippen LogP contribution is -2.39. The highest BCUT2D eigenvalue weighted by molar-refractivity contribution is 7.92. The zero-order valence-corrected chi connectivity index (χ0v) is 23.0. The molecule has 3 aromatic carbocycles. The molecule has 1 aliphatic heterocycles. The summed E-state index contributed by atoms with van der Waals surface area (Å²) in [4.78, 5) is 24.8. The van der Waals surface area contributed by atoms with E-state index in [1.165, 1.54) is 18.3 Å². The van der Waals surface area contributed by atoms with Crippen LogP contribution >= 0.6 is 0 Å². The van der Waals surface area contributed by atoms with Crippen LogP contribution in [0.1, 0.15) is 24.0 Å². The van der Waals surface area contributed by atoms with Crippen LogP contribution in [0.25, 0.3) is 0 Å². The second-order valence-electron chi connectivity index (χ2n) is 9.25. The molecule has 0 spiro atoms. The first-order chi connectivity index (χ1) is 19.3. The van der Waals surface area contributed by atoms with Gasteiger partial charge in [0.2, 0.25) is 0 Å². The van der Waals surface area contributed by atoms with Gasteiger partial charge in [0.15, 0.2) is 6.61 Å². The number of hydrogen-bond acceptors (Lipinski definition) is 7. The first-order valence-electron chi connectivity index (χ1n) is 12.9. The number of nitrogens with zero attached hydrogens (tertiary/aromatic N) is 2. The Morgan fingerprint density at radius 2 is 1.75 bits per heavy atom. The zero-order valence-electron chi connectivity index (χ0n) is 22.2. The maximum Gasteiger partial charge on any atom is 0.264 e. The van der Waals surface area contributed by atoms with Gasteiger partial charge in [-0.05, 0) is 73.9 Å². The number of hydrogen-bond donors (Lipinski definition) is 2. The van der Waals surface area contributed by atoms with Crippen LogP contribution in [0.3, 0.4) is 0 Å². The van der Waals surface area contributed by atoms with E-state index in [0.29, 0.717) is 23.5 Å². The number of nitrogens with one attached hydrogen (secondary N) is 2. The topological polar surface area (TPSA) is 126 Å². The highest BCUT2D eigenvalue weighted by Gasteiger charge is 2.27. The summed E-state index contributed by atoms with van der Waals surface area (Å²) in [5.74, 6) is -0.323. The molecule has 1 fully saturated rings. The number of amides is 2. The molecular formula is C29H32N4O6S. The maximum absolute atomic E-state index is 13.3. The molecular weight excluding hydrogens is 532 g/mol. The molecule has 210 valence electrons. The Bertz CT molecular complexity index is 1410. The summed E-state index contributed by atoms with van der Waals surface area (Å²) in [5.41, 5.74) is 4.38. The van der Waals surface area contributed by atoms with Crippen LogP contribution < -0.4 is 19.8 Å². The van der Waals surface area contributed by atoms with Crippen molar-refractivity contribution in [2.24, 2.45) is 5.10 Å². The van der Waals surface area contributed by atoms with Crippen molar-refractivity contribution in [2.75, 3.05) is 30.6 Å². The first kappa shape index (κ1) is 28.8. The van der Waals surface area contributed by atoms with Crippen molar-refractivity contribution in [3.05, 3.63) is 90.0 Å². The summed E-state index contributed by atoms with van der Waals surface area (Å²) in [6.07, 6.45) is 3.46. The molecule has 11 heteroatoms. The second-order valence-corrected chi connectivity index (χ2v) is 11.1. The van der Waals surface area contributed by atoms with Crippen molar-refractivity contribution >= 4 is 33.7 Å². The summed E-state index contributed by atoms with van der Waals surface area (Å²) in [5, 5.41) is 6.76. The van der Waals surface area contributed by atoms with Crippen LogP contribution in [0, 0.1) is 6.92 Å². The molecule has 10 nitrogen and oxygen atoms in total. The van der Waals surface area contributed by atoms with Crippen molar-refractivity contribution in [3.8, 4) is 5.75 Å². The zero-order chi connectivity index (χ0) is 28.4. The minimum absolute atomic E-state index is 0.0713. The van der Waals surface area contributed by atoms with Gasteiger partial charge < -0.3 is 14.8 Å². The fourth-order valence-corrected chi connectivity index (χ4v) is 5.42. The summed E-state index contributed by atoms with van der Waals surface area (Å²) in [7, 11) is -3.99. The van der Waals surface area contributed by atoms with E-state index in [9.17, 15) is 18.0 Å². The number of rotatable bonds is 12. The number of anilines is 1. The summed E-state index contributed by atoms with van der Waals surface area (Å²) in [6, 6.07) is 21.6. The van der Waals surface area contributed by atoms with Crippen LogP contribution in [0.15, 0.2) is 88.9 Å². The minimum atomic E-state index is -3.99. The van der Waals surface area contributed by atoms with Crippen molar-refractivity contribution in [3.63, 3.8) is 0 Å². The van der Waals surface area contributed by atoms with Crippen molar-refractivity contribution in [1.29, 1.82) is 0 Å². The number of aryl methyl sites for hydroxylation is 1. The van der Waals surface area contributed by atoms with Crippen molar-refractivity contribution in [2.45, 2.75) is 30.8 Å². The molecule has 0 aliphatic carbocycles. The van der Waals surface area contributed by atoms with Crippen LogP contribution in [0.2, 0.25) is 0 Å². The van der Waals surface area contributed by atoms with Gasteiger partial charge in [0.25, 0.3) is 21.8 Å². The number of sulfonamides is 1. The normalized spacial score (nSPS) is 15.1. The van der Waals surface area contributed by atoms with E-state index in [-0.39, 0.29) is 23.5 Å². The number of carbonyl (C=O) groups excluding carboxylic acids is 2. The molecule has 1 heterocycles. The van der Waals surface area contributed by atoms with E-state index >= 15 is 0 Å². The first-order valence-corrected chi connectivity index (χ1v) is 14.3. The summed E-state index contributed by atoms with van der Waals surface area (Å²) in [6.45, 7) is 2.53. The van der Waals surface area contributed by atoms with Gasteiger partial charge in [-0.1, -0.05) is 35.9 Å². The Balaban J connectivity index is 1.31. The third kappa shape index (κ3) is 8.14. The number of benzene rings is 3. The average molecular weight is 565 g/mol. The largest absolute Gasteiger partial charge is 0.484 e. The highest BCUT2D eigenvalue weighted by Crippen LogP contribution is 2.24. The lowest BCUT2D eigenvalue weighted by atomic mass is 10.2. The molecule has 0 radical (unpaired) electrons. The Morgan fingerprint density at radius 3 is 2.42 bits per heavy atom. The van der Waals surface area contributed by atoms with E-state index in [1.54, 1.807) is 66.7 Å². The molecule has 2 N–H and O–H groups in total. The predicted molar refractivity (Wildman–Crippen MR) is 152 cm³/mol. The average Bonchev–Trinajstić information content (AvgIpc) is 3.49. The van der Waals surface area contributed by atoms with Gasteiger partial charge in [0.05, 0.1) is 22.9 Å². The number of ether oxygens (including phenoxy) is 2. The lowest BCUT2D eigenvalue weighted by Gasteiger charge is -2.23. The van der Waals surface area contributed by atoms with Gasteiger partial charge in [-0.25, -0.2) is 13.8 Å². The molecule has 0 aromatic heterocycles. The predicted octanol–water partition coefficient (Wildman–Crippen LogP) is 3.01. The summed E-state index contributed by atoms with van der Waals surface area (Å²) < 4.78 is 38.7.